The van der Waals surface area contributed by atoms with Gasteiger partial charge in [-0.25, -0.2) is 18.6 Å². The Labute approximate surface area is 106 Å². The molecule has 3 nitrogen and oxygen atoms in total. The monoisotopic (exact) mass is 391 g/mol. The van der Waals surface area contributed by atoms with Gasteiger partial charge in [-0.1, -0.05) is 15.9 Å². The van der Waals surface area contributed by atoms with Gasteiger partial charge in [0.05, 0.1) is 5.56 Å². The van der Waals surface area contributed by atoms with E-state index in [0.717, 1.165) is 0 Å². The lowest BCUT2D eigenvalue weighted by Crippen LogP contribution is -2.10. The van der Waals surface area contributed by atoms with Crippen LogP contribution in [0.15, 0.2) is 6.20 Å². The molecule has 1 aromatic rings. The highest BCUT2D eigenvalue weighted by atomic mass is 127. The van der Waals surface area contributed by atoms with E-state index in [2.05, 4.69) is 20.9 Å². The van der Waals surface area contributed by atoms with Crippen LogP contribution in [0.4, 0.5) is 8.78 Å². The molecule has 1 heterocycles. The largest absolute Gasteiger partial charge is 0.476 e. The topological polar surface area (TPSA) is 50.2 Å². The maximum Gasteiger partial charge on any atom is 0.355 e. The van der Waals surface area contributed by atoms with Gasteiger partial charge in [0.1, 0.15) is 0 Å². The summed E-state index contributed by atoms with van der Waals surface area (Å²) in [6.45, 7) is 0. The lowest BCUT2D eigenvalue weighted by Gasteiger charge is -2.10. The summed E-state index contributed by atoms with van der Waals surface area (Å²) in [7, 11) is 0. The number of carbonyl (C=O) groups is 1. The molecule has 0 aliphatic carbocycles. The number of pyridine rings is 1. The zero-order valence-corrected chi connectivity index (χ0v) is 10.9. The smallest absolute Gasteiger partial charge is 0.355 e. The Balaban J connectivity index is 3.49. The van der Waals surface area contributed by atoms with Crippen LogP contribution < -0.4 is 0 Å². The Morgan fingerprint density at radius 1 is 1.67 bits per heavy atom. The fourth-order valence-corrected chi connectivity index (χ4v) is 2.83. The van der Waals surface area contributed by atoms with Crippen molar-refractivity contribution in [3.8, 4) is 0 Å². The summed E-state index contributed by atoms with van der Waals surface area (Å²) < 4.78 is 25.9. The van der Waals surface area contributed by atoms with E-state index in [1.54, 1.807) is 0 Å². The van der Waals surface area contributed by atoms with Gasteiger partial charge in [-0.3, -0.25) is 0 Å². The minimum Gasteiger partial charge on any atom is -0.476 e. The number of carboxylic acid groups (broad SMARTS) is 1. The molecule has 7 heteroatoms. The van der Waals surface area contributed by atoms with E-state index in [1.165, 1.54) is 6.20 Å². The second-order valence-corrected chi connectivity index (χ2v) is 4.31. The summed E-state index contributed by atoms with van der Waals surface area (Å²) in [6, 6.07) is 0. The van der Waals surface area contributed by atoms with Crippen molar-refractivity contribution in [1.29, 1.82) is 0 Å². The van der Waals surface area contributed by atoms with Crippen LogP contribution >= 0.6 is 38.5 Å². The first-order valence-corrected chi connectivity index (χ1v) is 5.93. The number of alkyl halides is 3. The van der Waals surface area contributed by atoms with E-state index in [-0.39, 0.29) is 10.9 Å². The molecule has 0 aromatic carbocycles. The number of aromatic nitrogens is 1. The average Bonchev–Trinajstić information content (AvgIpc) is 2.16. The molecule has 1 rings (SSSR count). The highest BCUT2D eigenvalue weighted by molar-refractivity contribution is 14.1. The first-order valence-electron chi connectivity index (χ1n) is 3.73. The summed E-state index contributed by atoms with van der Waals surface area (Å²) >= 11 is 4.89. The van der Waals surface area contributed by atoms with Crippen LogP contribution in [0.2, 0.25) is 0 Å². The van der Waals surface area contributed by atoms with Crippen LogP contribution in [0.5, 0.6) is 0 Å². The third-order valence-electron chi connectivity index (χ3n) is 1.73. The van der Waals surface area contributed by atoms with E-state index in [4.69, 9.17) is 5.11 Å². The molecule has 0 saturated carbocycles. The molecule has 1 N–H and O–H groups in total. The molecule has 0 saturated heterocycles. The number of hydrogen-bond donors (Lipinski definition) is 1. The fourth-order valence-electron chi connectivity index (χ4n) is 1.08. The van der Waals surface area contributed by atoms with Crippen molar-refractivity contribution in [3.63, 3.8) is 0 Å². The number of aromatic carboxylic acids is 1. The van der Waals surface area contributed by atoms with Crippen LogP contribution in [-0.4, -0.2) is 16.1 Å². The molecule has 0 aliphatic rings. The Bertz CT molecular complexity index is 400. The predicted octanol–water partition coefficient (Wildman–Crippen LogP) is 3.22. The third kappa shape index (κ3) is 2.63. The predicted molar refractivity (Wildman–Crippen MR) is 61.5 cm³/mol. The molecule has 15 heavy (non-hydrogen) atoms. The quantitative estimate of drug-likeness (QED) is 0.635. The molecule has 0 radical (unpaired) electrons. The van der Waals surface area contributed by atoms with E-state index < -0.39 is 23.7 Å². The Morgan fingerprint density at radius 3 is 2.67 bits per heavy atom. The van der Waals surface area contributed by atoms with Crippen molar-refractivity contribution in [3.05, 3.63) is 26.6 Å². The van der Waals surface area contributed by atoms with Crippen molar-refractivity contribution in [2.45, 2.75) is 11.8 Å². The number of nitrogens with zero attached hydrogens (tertiary/aromatic N) is 1. The van der Waals surface area contributed by atoms with Crippen molar-refractivity contribution in [2.24, 2.45) is 0 Å². The second-order valence-electron chi connectivity index (χ2n) is 2.59. The Morgan fingerprint density at radius 2 is 2.27 bits per heavy atom. The summed E-state index contributed by atoms with van der Waals surface area (Å²) in [5, 5.41) is 8.89. The molecule has 0 bridgehead atoms. The lowest BCUT2D eigenvalue weighted by molar-refractivity contribution is 0.0676. The van der Waals surface area contributed by atoms with E-state index in [0.29, 0.717) is 3.57 Å². The molecular weight excluding hydrogens is 387 g/mol. The minimum absolute atomic E-state index is 0.174. The van der Waals surface area contributed by atoms with Crippen molar-refractivity contribution in [1.82, 2.24) is 4.98 Å². The van der Waals surface area contributed by atoms with Crippen LogP contribution in [0, 0.1) is 3.57 Å². The third-order valence-corrected chi connectivity index (χ3v) is 3.22. The van der Waals surface area contributed by atoms with Crippen LogP contribution in [0.1, 0.15) is 28.0 Å². The van der Waals surface area contributed by atoms with Crippen LogP contribution in [0.25, 0.3) is 0 Å². The van der Waals surface area contributed by atoms with Crippen molar-refractivity contribution < 1.29 is 18.7 Å². The number of hydrogen-bond acceptors (Lipinski definition) is 2. The highest BCUT2D eigenvalue weighted by Gasteiger charge is 2.24. The van der Waals surface area contributed by atoms with Gasteiger partial charge >= 0.3 is 5.97 Å². The van der Waals surface area contributed by atoms with Crippen LogP contribution in [0.3, 0.4) is 0 Å². The van der Waals surface area contributed by atoms with Gasteiger partial charge in [-0.2, -0.15) is 0 Å². The first-order chi connectivity index (χ1) is 6.99. The summed E-state index contributed by atoms with van der Waals surface area (Å²) in [6.07, 6.45) is -1.57. The maximum absolute atomic E-state index is 12.7. The van der Waals surface area contributed by atoms with E-state index >= 15 is 0 Å². The normalized spacial score (nSPS) is 10.7. The van der Waals surface area contributed by atoms with Gasteiger partial charge in [0.2, 0.25) is 0 Å². The number of carboxylic acids is 1. The molecule has 0 spiro atoms. The van der Waals surface area contributed by atoms with Gasteiger partial charge in [0.15, 0.2) is 5.69 Å². The lowest BCUT2D eigenvalue weighted by atomic mass is 10.1. The zero-order chi connectivity index (χ0) is 11.6. The van der Waals surface area contributed by atoms with Crippen molar-refractivity contribution >= 4 is 44.5 Å². The van der Waals surface area contributed by atoms with Gasteiger partial charge in [-0.05, 0) is 28.2 Å². The first kappa shape index (κ1) is 12.8. The summed E-state index contributed by atoms with van der Waals surface area (Å²) in [5.41, 5.74) is -0.816. The number of halogens is 4. The number of rotatable bonds is 3. The van der Waals surface area contributed by atoms with Gasteiger partial charge < -0.3 is 5.11 Å². The Hall–Kier alpha value is -0.310. The molecular formula is C8H5BrF2INO2. The molecule has 0 amide bonds. The van der Waals surface area contributed by atoms with Crippen molar-refractivity contribution in [2.75, 3.05) is 0 Å². The zero-order valence-electron chi connectivity index (χ0n) is 7.18. The SMILES string of the molecule is O=C(O)c1ncc(I)c(CBr)c1C(F)F. The average molecular weight is 392 g/mol. The van der Waals surface area contributed by atoms with Crippen LogP contribution in [-0.2, 0) is 5.33 Å². The summed E-state index contributed by atoms with van der Waals surface area (Å²) in [4.78, 5) is 14.2. The summed E-state index contributed by atoms with van der Waals surface area (Å²) in [5.74, 6) is -1.44. The van der Waals surface area contributed by atoms with E-state index in [1.807, 2.05) is 22.6 Å². The molecule has 0 unspecified atom stereocenters. The molecule has 1 aromatic heterocycles. The molecule has 0 atom stereocenters. The molecule has 82 valence electrons. The second kappa shape index (κ2) is 5.15. The Kier molecular flexibility index (Phi) is 4.38. The highest BCUT2D eigenvalue weighted by Crippen LogP contribution is 2.30. The maximum atomic E-state index is 12.7. The van der Waals surface area contributed by atoms with Gasteiger partial charge in [0, 0.05) is 15.1 Å². The molecule has 0 fully saturated rings. The minimum atomic E-state index is -2.84. The fraction of sp³-hybridized carbons (Fsp3) is 0.250. The van der Waals surface area contributed by atoms with Gasteiger partial charge in [-0.15, -0.1) is 0 Å². The standard InChI is InChI=1S/C8H5BrF2INO2/c9-1-3-4(12)2-13-6(8(14)15)5(3)7(10)11/h2,7H,1H2,(H,14,15). The van der Waals surface area contributed by atoms with E-state index in [9.17, 15) is 13.6 Å². The molecule has 0 aliphatic heterocycles. The van der Waals surface area contributed by atoms with Gasteiger partial charge in [0.25, 0.3) is 6.43 Å².